The molecule has 33 heavy (non-hydrogen) atoms. The summed E-state index contributed by atoms with van der Waals surface area (Å²) in [4.78, 5) is 26.0. The molecule has 1 spiro atoms. The summed E-state index contributed by atoms with van der Waals surface area (Å²) in [6.07, 6.45) is 10.1. The van der Waals surface area contributed by atoms with Crippen LogP contribution in [0.4, 0.5) is 4.39 Å². The van der Waals surface area contributed by atoms with Crippen LogP contribution in [-0.2, 0) is 4.79 Å². The molecule has 176 valence electrons. The Kier molecular flexibility index (Phi) is 4.13. The van der Waals surface area contributed by atoms with E-state index in [4.69, 9.17) is 4.74 Å². The van der Waals surface area contributed by atoms with Gasteiger partial charge in [0.05, 0.1) is 18.6 Å². The van der Waals surface area contributed by atoms with E-state index in [0.717, 1.165) is 42.6 Å². The molecule has 5 nitrogen and oxygen atoms in total. The zero-order valence-corrected chi connectivity index (χ0v) is 19.0. The number of carbonyl (C=O) groups excluding carboxylic acids is 1. The minimum atomic E-state index is -0.923. The van der Waals surface area contributed by atoms with E-state index in [1.807, 2.05) is 0 Å². The summed E-state index contributed by atoms with van der Waals surface area (Å²) >= 11 is 0. The SMILES string of the molecule is O=C(O)C[C@@H]1CCCN1C(=O)c1cc(C2CC2)c(OCC23CC4CC5CC(C2)C54C3)cc1F. The van der Waals surface area contributed by atoms with Crippen LogP contribution in [0, 0.1) is 34.4 Å². The van der Waals surface area contributed by atoms with Gasteiger partial charge in [0, 0.05) is 24.1 Å². The van der Waals surface area contributed by atoms with E-state index >= 15 is 4.39 Å². The molecular formula is C27H32FNO4. The van der Waals surface area contributed by atoms with E-state index in [9.17, 15) is 14.7 Å². The van der Waals surface area contributed by atoms with Crippen molar-refractivity contribution in [2.75, 3.05) is 13.2 Å². The van der Waals surface area contributed by atoms with Gasteiger partial charge < -0.3 is 14.7 Å². The van der Waals surface area contributed by atoms with Crippen molar-refractivity contribution < 1.29 is 23.8 Å². The van der Waals surface area contributed by atoms with Crippen LogP contribution in [0.25, 0.3) is 0 Å². The largest absolute Gasteiger partial charge is 0.493 e. The fraction of sp³-hybridized carbons (Fsp3) is 0.704. The summed E-state index contributed by atoms with van der Waals surface area (Å²) in [7, 11) is 0. The van der Waals surface area contributed by atoms with E-state index < -0.39 is 11.8 Å². The average Bonchev–Trinajstić information content (AvgIpc) is 3.31. The van der Waals surface area contributed by atoms with Gasteiger partial charge in [0.2, 0.25) is 0 Å². The molecule has 2 unspecified atom stereocenters. The number of carboxylic acids is 1. The molecule has 6 heteroatoms. The van der Waals surface area contributed by atoms with Crippen LogP contribution in [0.15, 0.2) is 12.1 Å². The Hall–Kier alpha value is -2.11. The van der Waals surface area contributed by atoms with Crippen LogP contribution in [0.3, 0.4) is 0 Å². The van der Waals surface area contributed by atoms with Crippen LogP contribution in [0.2, 0.25) is 0 Å². The predicted molar refractivity (Wildman–Crippen MR) is 119 cm³/mol. The summed E-state index contributed by atoms with van der Waals surface area (Å²) in [6.45, 7) is 1.16. The maximum Gasteiger partial charge on any atom is 0.305 e. The standard InChI is InChI=1S/C27H32FNO4/c28-22-10-23(33-14-26-11-17-6-16-7-18(12-26)27(16,17)13-26)20(15-3-4-15)9-21(22)25(32)29-5-1-2-19(29)8-24(30)31/h9-10,15-19H,1-8,11-14H2,(H,30,31)/t16?,17?,18?,19-,26?,27?/m0/s1. The second-order valence-electron chi connectivity index (χ2n) is 12.1. The molecule has 0 radical (unpaired) electrons. The number of rotatable bonds is 7. The van der Waals surface area contributed by atoms with Crippen LogP contribution < -0.4 is 4.74 Å². The molecule has 5 aliphatic carbocycles. The number of aliphatic carboxylic acids is 1. The Bertz CT molecular complexity index is 1030. The Morgan fingerprint density at radius 2 is 1.88 bits per heavy atom. The van der Waals surface area contributed by atoms with Crippen molar-refractivity contribution in [1.82, 2.24) is 4.90 Å². The van der Waals surface area contributed by atoms with Gasteiger partial charge in [-0.25, -0.2) is 4.39 Å². The molecule has 1 N–H and O–H groups in total. The number of carboxylic acid groups (broad SMARTS) is 1. The number of amides is 1. The zero-order valence-electron chi connectivity index (χ0n) is 19.0. The highest BCUT2D eigenvalue weighted by Crippen LogP contribution is 2.84. The lowest BCUT2D eigenvalue weighted by atomic mass is 9.38. The van der Waals surface area contributed by atoms with Crippen molar-refractivity contribution in [3.63, 3.8) is 0 Å². The topological polar surface area (TPSA) is 66.8 Å². The lowest BCUT2D eigenvalue weighted by Crippen LogP contribution is -2.59. The minimum Gasteiger partial charge on any atom is -0.493 e. The maximum atomic E-state index is 15.3. The number of halogens is 1. The monoisotopic (exact) mass is 453 g/mol. The second kappa shape index (κ2) is 6.73. The molecule has 6 fully saturated rings. The molecule has 2 bridgehead atoms. The van der Waals surface area contributed by atoms with Gasteiger partial charge in [0.15, 0.2) is 0 Å². The van der Waals surface area contributed by atoms with Gasteiger partial charge in [-0.3, -0.25) is 9.59 Å². The summed E-state index contributed by atoms with van der Waals surface area (Å²) in [5, 5.41) is 9.18. The number of benzene rings is 1. The lowest BCUT2D eigenvalue weighted by molar-refractivity contribution is -0.177. The van der Waals surface area contributed by atoms with E-state index in [0.29, 0.717) is 36.7 Å². The van der Waals surface area contributed by atoms with Gasteiger partial charge in [-0.05, 0) is 98.5 Å². The predicted octanol–water partition coefficient (Wildman–Crippen LogP) is 4.99. The van der Waals surface area contributed by atoms with Crippen molar-refractivity contribution in [2.24, 2.45) is 28.6 Å². The van der Waals surface area contributed by atoms with E-state index in [1.54, 1.807) is 11.0 Å². The van der Waals surface area contributed by atoms with Crippen molar-refractivity contribution in [3.8, 4) is 5.75 Å². The molecule has 0 aromatic heterocycles. The van der Waals surface area contributed by atoms with Gasteiger partial charge in [-0.15, -0.1) is 0 Å². The molecule has 7 rings (SSSR count). The smallest absolute Gasteiger partial charge is 0.305 e. The number of hydrogen-bond acceptors (Lipinski definition) is 3. The molecule has 1 aromatic carbocycles. The van der Waals surface area contributed by atoms with Gasteiger partial charge in [0.1, 0.15) is 11.6 Å². The second-order valence-corrected chi connectivity index (χ2v) is 12.1. The van der Waals surface area contributed by atoms with E-state index in [2.05, 4.69) is 0 Å². The van der Waals surface area contributed by atoms with Gasteiger partial charge >= 0.3 is 5.97 Å². The zero-order chi connectivity index (χ0) is 22.5. The first kappa shape index (κ1) is 20.3. The molecule has 1 heterocycles. The van der Waals surface area contributed by atoms with Crippen LogP contribution >= 0.6 is 0 Å². The fourth-order valence-corrected chi connectivity index (χ4v) is 8.89. The molecule has 1 saturated heterocycles. The minimum absolute atomic E-state index is 0.0688. The van der Waals surface area contributed by atoms with Crippen LogP contribution in [0.1, 0.15) is 86.0 Å². The highest BCUT2D eigenvalue weighted by molar-refractivity contribution is 5.95. The van der Waals surface area contributed by atoms with Crippen LogP contribution in [-0.4, -0.2) is 41.1 Å². The summed E-state index contributed by atoms with van der Waals surface area (Å²) in [5.41, 5.74) is 1.95. The number of likely N-dealkylation sites (tertiary alicyclic amines) is 1. The van der Waals surface area contributed by atoms with Gasteiger partial charge in [-0.1, -0.05) is 0 Å². The van der Waals surface area contributed by atoms with Crippen molar-refractivity contribution in [1.29, 1.82) is 0 Å². The van der Waals surface area contributed by atoms with Gasteiger partial charge in [-0.2, -0.15) is 0 Å². The third kappa shape index (κ3) is 2.81. The molecule has 1 amide bonds. The highest BCUT2D eigenvalue weighted by Gasteiger charge is 2.77. The molecule has 6 aliphatic rings. The highest BCUT2D eigenvalue weighted by atomic mass is 19.1. The Morgan fingerprint density at radius 3 is 2.52 bits per heavy atom. The Balaban J connectivity index is 1.12. The number of fused-ring (bicyclic) bond motifs is 1. The third-order valence-corrected chi connectivity index (χ3v) is 10.4. The quantitative estimate of drug-likeness (QED) is 0.632. The first-order valence-corrected chi connectivity index (χ1v) is 12.9. The summed E-state index contributed by atoms with van der Waals surface area (Å²) < 4.78 is 21.7. The van der Waals surface area contributed by atoms with Crippen molar-refractivity contribution in [2.45, 2.75) is 76.2 Å². The first-order valence-electron chi connectivity index (χ1n) is 12.9. The third-order valence-electron chi connectivity index (χ3n) is 10.4. The molecule has 1 aromatic rings. The lowest BCUT2D eigenvalue weighted by Gasteiger charge is -2.66. The van der Waals surface area contributed by atoms with Crippen molar-refractivity contribution in [3.05, 3.63) is 29.1 Å². The molecule has 5 saturated carbocycles. The fourth-order valence-electron chi connectivity index (χ4n) is 8.89. The van der Waals surface area contributed by atoms with Crippen LogP contribution in [0.5, 0.6) is 5.75 Å². The molecule has 3 atom stereocenters. The number of hydrogen-bond donors (Lipinski definition) is 1. The molecular weight excluding hydrogens is 421 g/mol. The number of nitrogens with zero attached hydrogens (tertiary/aromatic N) is 1. The normalized spacial score (nSPS) is 39.7. The van der Waals surface area contributed by atoms with E-state index in [1.165, 1.54) is 38.2 Å². The summed E-state index contributed by atoms with van der Waals surface area (Å²) in [5.74, 6) is 1.88. The molecule has 1 aliphatic heterocycles. The first-order chi connectivity index (χ1) is 15.9. The maximum absolute atomic E-state index is 15.3. The Morgan fingerprint density at radius 1 is 1.12 bits per heavy atom. The number of ether oxygens (including phenoxy) is 1. The number of carbonyl (C=O) groups is 2. The van der Waals surface area contributed by atoms with E-state index in [-0.39, 0.29) is 29.3 Å². The average molecular weight is 454 g/mol. The Labute approximate surface area is 193 Å². The van der Waals surface area contributed by atoms with Crippen molar-refractivity contribution >= 4 is 11.9 Å². The summed E-state index contributed by atoms with van der Waals surface area (Å²) in [6, 6.07) is 2.80. The van der Waals surface area contributed by atoms with Gasteiger partial charge in [0.25, 0.3) is 5.91 Å².